The number of hydrogen-bond donors (Lipinski definition) is 1. The van der Waals surface area contributed by atoms with Gasteiger partial charge in [-0.2, -0.15) is 0 Å². The summed E-state index contributed by atoms with van der Waals surface area (Å²) in [5, 5.41) is 4.40. The fraction of sp³-hybridized carbons (Fsp3) is 0.571. The highest BCUT2D eigenvalue weighted by Gasteiger charge is 2.09. The van der Waals surface area contributed by atoms with Crippen molar-refractivity contribution in [2.75, 3.05) is 6.54 Å². The van der Waals surface area contributed by atoms with Crippen LogP contribution < -0.4 is 10.1 Å². The van der Waals surface area contributed by atoms with E-state index in [2.05, 4.69) is 19.2 Å². The molecule has 4 heteroatoms. The summed E-state index contributed by atoms with van der Waals surface area (Å²) in [5.41, 5.74) is 0. The molecule has 1 aromatic rings. The van der Waals surface area contributed by atoms with Crippen molar-refractivity contribution in [3.63, 3.8) is 0 Å². The van der Waals surface area contributed by atoms with E-state index in [1.165, 1.54) is 0 Å². The van der Waals surface area contributed by atoms with Crippen LogP contribution in [0.3, 0.4) is 0 Å². The molecule has 1 N–H and O–H groups in total. The third-order valence-electron chi connectivity index (χ3n) is 2.58. The molecule has 18 heavy (non-hydrogen) atoms. The number of halogens is 2. The van der Waals surface area contributed by atoms with E-state index < -0.39 is 0 Å². The molecule has 2 nitrogen and oxygen atoms in total. The zero-order chi connectivity index (χ0) is 13.5. The standard InChI is InChI=1S/C14H21Cl2NO/c1-10(2)17-9-5-6-11(3)18-13-8-4-7-12(15)14(13)16/h4,7-8,10-11,17H,5-6,9H2,1-3H3. The summed E-state index contributed by atoms with van der Waals surface area (Å²) in [6.07, 6.45) is 2.20. The number of ether oxygens (including phenoxy) is 1. The zero-order valence-corrected chi connectivity index (χ0v) is 12.7. The third-order valence-corrected chi connectivity index (χ3v) is 3.39. The van der Waals surface area contributed by atoms with Crippen LogP contribution in [0.15, 0.2) is 18.2 Å². The largest absolute Gasteiger partial charge is 0.489 e. The molecule has 0 bridgehead atoms. The maximum atomic E-state index is 6.07. The van der Waals surface area contributed by atoms with Crippen molar-refractivity contribution in [1.82, 2.24) is 5.32 Å². The second kappa shape index (κ2) is 7.88. The minimum absolute atomic E-state index is 0.134. The van der Waals surface area contributed by atoms with Crippen LogP contribution in [0.4, 0.5) is 0 Å². The van der Waals surface area contributed by atoms with E-state index >= 15 is 0 Å². The highest BCUT2D eigenvalue weighted by molar-refractivity contribution is 6.42. The maximum Gasteiger partial charge on any atom is 0.139 e. The molecule has 102 valence electrons. The van der Waals surface area contributed by atoms with Crippen LogP contribution in [0.5, 0.6) is 5.75 Å². The molecule has 0 aromatic heterocycles. The summed E-state index contributed by atoms with van der Waals surface area (Å²) in [6, 6.07) is 5.98. The van der Waals surface area contributed by atoms with Crippen LogP contribution in [-0.2, 0) is 0 Å². The average molecular weight is 290 g/mol. The highest BCUT2D eigenvalue weighted by atomic mass is 35.5. The smallest absolute Gasteiger partial charge is 0.139 e. The van der Waals surface area contributed by atoms with Gasteiger partial charge in [0.15, 0.2) is 0 Å². The Morgan fingerprint density at radius 1 is 1.22 bits per heavy atom. The summed E-state index contributed by atoms with van der Waals surface area (Å²) >= 11 is 12.0. The Morgan fingerprint density at radius 2 is 1.94 bits per heavy atom. The van der Waals surface area contributed by atoms with Crippen LogP contribution >= 0.6 is 23.2 Å². The van der Waals surface area contributed by atoms with Crippen LogP contribution in [0.25, 0.3) is 0 Å². The fourth-order valence-electron chi connectivity index (χ4n) is 1.63. The molecule has 0 amide bonds. The van der Waals surface area contributed by atoms with Crippen LogP contribution in [0.2, 0.25) is 10.0 Å². The van der Waals surface area contributed by atoms with Gasteiger partial charge in [-0.15, -0.1) is 0 Å². The molecule has 0 heterocycles. The van der Waals surface area contributed by atoms with Crippen molar-refractivity contribution < 1.29 is 4.74 Å². The summed E-state index contributed by atoms with van der Waals surface area (Å²) in [7, 11) is 0. The molecule has 0 saturated heterocycles. The van der Waals surface area contributed by atoms with Crippen molar-refractivity contribution >= 4 is 23.2 Å². The van der Waals surface area contributed by atoms with Crippen molar-refractivity contribution in [1.29, 1.82) is 0 Å². The van der Waals surface area contributed by atoms with E-state index in [9.17, 15) is 0 Å². The molecular weight excluding hydrogens is 269 g/mol. The normalized spacial score (nSPS) is 12.8. The van der Waals surface area contributed by atoms with E-state index in [0.29, 0.717) is 21.8 Å². The van der Waals surface area contributed by atoms with E-state index in [-0.39, 0.29) is 6.10 Å². The first-order valence-electron chi connectivity index (χ1n) is 6.34. The predicted octanol–water partition coefficient (Wildman–Crippen LogP) is 4.54. The molecule has 0 aliphatic heterocycles. The van der Waals surface area contributed by atoms with Gasteiger partial charge in [-0.25, -0.2) is 0 Å². The summed E-state index contributed by atoms with van der Waals surface area (Å²) in [4.78, 5) is 0. The minimum atomic E-state index is 0.134. The second-order valence-electron chi connectivity index (χ2n) is 4.73. The molecular formula is C14H21Cl2NO. The van der Waals surface area contributed by atoms with Gasteiger partial charge in [0.05, 0.1) is 11.1 Å². The Hall–Kier alpha value is -0.440. The first-order chi connectivity index (χ1) is 8.50. The molecule has 0 aliphatic carbocycles. The van der Waals surface area contributed by atoms with E-state index in [4.69, 9.17) is 27.9 Å². The van der Waals surface area contributed by atoms with Gasteiger partial charge in [-0.1, -0.05) is 43.1 Å². The topological polar surface area (TPSA) is 21.3 Å². The van der Waals surface area contributed by atoms with Crippen molar-refractivity contribution in [2.45, 2.75) is 45.8 Å². The van der Waals surface area contributed by atoms with Gasteiger partial charge in [0.1, 0.15) is 10.8 Å². The van der Waals surface area contributed by atoms with Gasteiger partial charge in [-0.3, -0.25) is 0 Å². The summed E-state index contributed by atoms with van der Waals surface area (Å²) in [6.45, 7) is 7.35. The van der Waals surface area contributed by atoms with Gasteiger partial charge in [0.25, 0.3) is 0 Å². The molecule has 1 unspecified atom stereocenters. The van der Waals surface area contributed by atoms with Crippen molar-refractivity contribution in [3.05, 3.63) is 28.2 Å². The minimum Gasteiger partial charge on any atom is -0.489 e. The monoisotopic (exact) mass is 289 g/mol. The molecule has 0 spiro atoms. The molecule has 1 atom stereocenters. The number of hydrogen-bond acceptors (Lipinski definition) is 2. The lowest BCUT2D eigenvalue weighted by atomic mass is 10.2. The third kappa shape index (κ3) is 5.47. The van der Waals surface area contributed by atoms with Gasteiger partial charge in [0.2, 0.25) is 0 Å². The second-order valence-corrected chi connectivity index (χ2v) is 5.52. The van der Waals surface area contributed by atoms with E-state index in [1.807, 2.05) is 19.1 Å². The Balaban J connectivity index is 2.35. The molecule has 0 aliphatic rings. The molecule has 1 rings (SSSR count). The molecule has 1 aromatic carbocycles. The Kier molecular flexibility index (Phi) is 6.83. The molecule has 0 fully saturated rings. The molecule has 0 radical (unpaired) electrons. The van der Waals surface area contributed by atoms with E-state index in [1.54, 1.807) is 6.07 Å². The highest BCUT2D eigenvalue weighted by Crippen LogP contribution is 2.32. The SMILES string of the molecule is CC(C)NCCCC(C)Oc1cccc(Cl)c1Cl. The lowest BCUT2D eigenvalue weighted by Crippen LogP contribution is -2.25. The number of rotatable bonds is 7. The van der Waals surface area contributed by atoms with Gasteiger partial charge < -0.3 is 10.1 Å². The van der Waals surface area contributed by atoms with E-state index in [0.717, 1.165) is 19.4 Å². The van der Waals surface area contributed by atoms with Crippen LogP contribution in [0, 0.1) is 0 Å². The fourth-order valence-corrected chi connectivity index (χ4v) is 1.97. The Bertz CT molecular complexity index is 369. The average Bonchev–Trinajstić information content (AvgIpc) is 2.30. The first-order valence-corrected chi connectivity index (χ1v) is 7.10. The van der Waals surface area contributed by atoms with Crippen molar-refractivity contribution in [2.24, 2.45) is 0 Å². The summed E-state index contributed by atoms with van der Waals surface area (Å²) < 4.78 is 5.79. The van der Waals surface area contributed by atoms with Gasteiger partial charge in [0, 0.05) is 6.04 Å². The quantitative estimate of drug-likeness (QED) is 0.744. The van der Waals surface area contributed by atoms with Crippen LogP contribution in [0.1, 0.15) is 33.6 Å². The molecule has 0 saturated carbocycles. The van der Waals surface area contributed by atoms with Gasteiger partial charge in [-0.05, 0) is 38.4 Å². The van der Waals surface area contributed by atoms with Crippen molar-refractivity contribution in [3.8, 4) is 5.75 Å². The summed E-state index contributed by atoms with van der Waals surface area (Å²) in [5.74, 6) is 0.661. The number of nitrogens with one attached hydrogen (secondary N) is 1. The first kappa shape index (κ1) is 15.6. The zero-order valence-electron chi connectivity index (χ0n) is 11.2. The van der Waals surface area contributed by atoms with Crippen LogP contribution in [-0.4, -0.2) is 18.7 Å². The Morgan fingerprint density at radius 3 is 2.61 bits per heavy atom. The maximum absolute atomic E-state index is 6.07. The Labute approximate surface area is 120 Å². The lowest BCUT2D eigenvalue weighted by Gasteiger charge is -2.16. The number of benzene rings is 1. The lowest BCUT2D eigenvalue weighted by molar-refractivity contribution is 0.207. The predicted molar refractivity (Wildman–Crippen MR) is 78.9 cm³/mol. The van der Waals surface area contributed by atoms with Gasteiger partial charge >= 0.3 is 0 Å².